The van der Waals surface area contributed by atoms with Crippen LogP contribution in [-0.4, -0.2) is 46.5 Å². The van der Waals surface area contributed by atoms with E-state index >= 15 is 0 Å². The third-order valence-corrected chi connectivity index (χ3v) is 2.25. The first-order valence-electron chi connectivity index (χ1n) is 5.66. The Morgan fingerprint density at radius 1 is 1.61 bits per heavy atom. The molecule has 7 heteroatoms. The van der Waals surface area contributed by atoms with Crippen molar-refractivity contribution >= 4 is 11.9 Å². The molecule has 1 saturated heterocycles. The van der Waals surface area contributed by atoms with Gasteiger partial charge in [-0.1, -0.05) is 0 Å². The van der Waals surface area contributed by atoms with Gasteiger partial charge in [0.15, 0.2) is 0 Å². The molecule has 1 aromatic rings. The molecule has 1 fully saturated rings. The van der Waals surface area contributed by atoms with Gasteiger partial charge in [-0.2, -0.15) is 5.10 Å². The summed E-state index contributed by atoms with van der Waals surface area (Å²) in [5, 5.41) is 14.7. The molecule has 0 aliphatic carbocycles. The van der Waals surface area contributed by atoms with Crippen LogP contribution in [-0.2, 0) is 9.53 Å². The van der Waals surface area contributed by atoms with Crippen LogP contribution in [0.5, 0.6) is 0 Å². The molecular weight excluding hydrogens is 238 g/mol. The van der Waals surface area contributed by atoms with E-state index in [1.807, 2.05) is 4.68 Å². The fourth-order valence-electron chi connectivity index (χ4n) is 1.32. The number of nitrogens with one attached hydrogen (secondary N) is 1. The van der Waals surface area contributed by atoms with Crippen LogP contribution in [0.25, 0.3) is 0 Å². The van der Waals surface area contributed by atoms with E-state index in [0.717, 1.165) is 20.0 Å². The van der Waals surface area contributed by atoms with Gasteiger partial charge in [-0.25, -0.2) is 4.79 Å². The lowest BCUT2D eigenvalue weighted by atomic mass is 10.2. The second-order valence-corrected chi connectivity index (χ2v) is 3.76. The predicted molar refractivity (Wildman–Crippen MR) is 63.4 cm³/mol. The van der Waals surface area contributed by atoms with Crippen LogP contribution in [0.3, 0.4) is 0 Å². The second-order valence-electron chi connectivity index (χ2n) is 3.76. The molecule has 2 heterocycles. The second kappa shape index (κ2) is 6.75. The molecule has 1 aliphatic heterocycles. The smallest absolute Gasteiger partial charge is 0.341 e. The van der Waals surface area contributed by atoms with E-state index in [-0.39, 0.29) is 5.97 Å². The van der Waals surface area contributed by atoms with Gasteiger partial charge in [-0.15, -0.1) is 0 Å². The van der Waals surface area contributed by atoms with Crippen molar-refractivity contribution in [3.8, 4) is 0 Å². The van der Waals surface area contributed by atoms with Crippen molar-refractivity contribution in [3.63, 3.8) is 0 Å². The third-order valence-electron chi connectivity index (χ3n) is 2.25. The Morgan fingerprint density at radius 3 is 2.67 bits per heavy atom. The Morgan fingerprint density at radius 2 is 2.22 bits per heavy atom. The van der Waals surface area contributed by atoms with Crippen molar-refractivity contribution in [1.82, 2.24) is 15.1 Å². The number of carbonyl (C=O) groups excluding carboxylic acids is 1. The van der Waals surface area contributed by atoms with Gasteiger partial charge in [-0.3, -0.25) is 9.48 Å². The Hall–Kier alpha value is -1.89. The zero-order chi connectivity index (χ0) is 13.5. The van der Waals surface area contributed by atoms with Crippen LogP contribution in [0.15, 0.2) is 12.4 Å². The monoisotopic (exact) mass is 255 g/mol. The molecule has 7 nitrogen and oxygen atoms in total. The summed E-state index contributed by atoms with van der Waals surface area (Å²) >= 11 is 0. The summed E-state index contributed by atoms with van der Waals surface area (Å²) < 4.78 is 6.67. The highest BCUT2D eigenvalue weighted by Gasteiger charge is 2.20. The van der Waals surface area contributed by atoms with Gasteiger partial charge in [0.05, 0.1) is 24.4 Å². The Balaban J connectivity index is 0.000000357. The third kappa shape index (κ3) is 4.17. The summed E-state index contributed by atoms with van der Waals surface area (Å²) in [5.41, 5.74) is 0.527. The molecule has 2 rings (SSSR count). The predicted octanol–water partition coefficient (Wildman–Crippen LogP) is 0.295. The van der Waals surface area contributed by atoms with Gasteiger partial charge >= 0.3 is 5.97 Å². The van der Waals surface area contributed by atoms with E-state index in [9.17, 15) is 4.79 Å². The van der Waals surface area contributed by atoms with E-state index in [4.69, 9.17) is 14.6 Å². The number of carbonyl (C=O) groups is 2. The summed E-state index contributed by atoms with van der Waals surface area (Å²) in [5.74, 6) is -1.13. The summed E-state index contributed by atoms with van der Waals surface area (Å²) in [4.78, 5) is 20.3. The Labute approximate surface area is 105 Å². The maximum atomic E-state index is 11.3. The van der Waals surface area contributed by atoms with Crippen LogP contribution in [0.1, 0.15) is 30.2 Å². The molecule has 1 aliphatic rings. The number of ether oxygens (including phenoxy) is 1. The zero-order valence-electron chi connectivity index (χ0n) is 10.4. The standard InChI is InChI=1S/C9H13N3O2.C2H4O2/c1-2-14-9(13)7-3-11-12(6-7)8-4-10-5-8;1-2(3)4/h3,6,8,10H,2,4-5H2,1H3;1H3,(H,3,4). The number of hydrogen-bond donors (Lipinski definition) is 2. The van der Waals surface area contributed by atoms with E-state index in [1.54, 1.807) is 19.3 Å². The number of aromatic nitrogens is 2. The number of esters is 1. The average Bonchev–Trinajstić information content (AvgIpc) is 2.63. The van der Waals surface area contributed by atoms with Gasteiger partial charge in [0.2, 0.25) is 0 Å². The fourth-order valence-corrected chi connectivity index (χ4v) is 1.32. The van der Waals surface area contributed by atoms with E-state index in [2.05, 4.69) is 10.4 Å². The number of carboxylic acids is 1. The molecule has 0 unspecified atom stereocenters. The molecule has 0 bridgehead atoms. The minimum atomic E-state index is -0.833. The van der Waals surface area contributed by atoms with Gasteiger partial charge < -0.3 is 15.2 Å². The van der Waals surface area contributed by atoms with E-state index < -0.39 is 5.97 Å². The summed E-state index contributed by atoms with van der Waals surface area (Å²) in [6.07, 6.45) is 3.29. The molecule has 0 atom stereocenters. The van der Waals surface area contributed by atoms with Crippen LogP contribution in [0, 0.1) is 0 Å². The quantitative estimate of drug-likeness (QED) is 0.754. The van der Waals surface area contributed by atoms with E-state index in [0.29, 0.717) is 18.2 Å². The van der Waals surface area contributed by atoms with Gasteiger partial charge in [-0.05, 0) is 6.92 Å². The summed E-state index contributed by atoms with van der Waals surface area (Å²) in [7, 11) is 0. The van der Waals surface area contributed by atoms with Crippen LogP contribution in [0.2, 0.25) is 0 Å². The molecular formula is C11H17N3O4. The molecule has 0 spiro atoms. The van der Waals surface area contributed by atoms with Crippen molar-refractivity contribution in [2.75, 3.05) is 19.7 Å². The van der Waals surface area contributed by atoms with Crippen LogP contribution >= 0.6 is 0 Å². The van der Waals surface area contributed by atoms with Crippen molar-refractivity contribution in [2.45, 2.75) is 19.9 Å². The normalized spacial score (nSPS) is 14.1. The summed E-state index contributed by atoms with van der Waals surface area (Å²) in [6.45, 7) is 5.11. The molecule has 0 radical (unpaired) electrons. The maximum Gasteiger partial charge on any atom is 0.341 e. The molecule has 18 heavy (non-hydrogen) atoms. The van der Waals surface area contributed by atoms with Crippen molar-refractivity contribution in [1.29, 1.82) is 0 Å². The van der Waals surface area contributed by atoms with Crippen molar-refractivity contribution < 1.29 is 19.4 Å². The lowest BCUT2D eigenvalue weighted by Crippen LogP contribution is -2.43. The molecule has 1 aromatic heterocycles. The minimum Gasteiger partial charge on any atom is -0.481 e. The largest absolute Gasteiger partial charge is 0.481 e. The number of carboxylic acid groups (broad SMARTS) is 1. The number of nitrogens with zero attached hydrogens (tertiary/aromatic N) is 2. The number of aliphatic carboxylic acids is 1. The Kier molecular flexibility index (Phi) is 5.31. The SMILES string of the molecule is CC(=O)O.CCOC(=O)c1cnn(C2CNC2)c1. The van der Waals surface area contributed by atoms with Gasteiger partial charge in [0, 0.05) is 26.2 Å². The zero-order valence-corrected chi connectivity index (χ0v) is 10.4. The lowest BCUT2D eigenvalue weighted by molar-refractivity contribution is -0.134. The Bertz CT molecular complexity index is 408. The van der Waals surface area contributed by atoms with E-state index in [1.165, 1.54) is 0 Å². The highest BCUT2D eigenvalue weighted by atomic mass is 16.5. The highest BCUT2D eigenvalue weighted by Crippen LogP contribution is 2.11. The topological polar surface area (TPSA) is 93.5 Å². The molecule has 100 valence electrons. The van der Waals surface area contributed by atoms with Crippen LogP contribution < -0.4 is 5.32 Å². The molecule has 0 aromatic carbocycles. The number of rotatable bonds is 3. The average molecular weight is 255 g/mol. The molecule has 0 saturated carbocycles. The van der Waals surface area contributed by atoms with Gasteiger partial charge in [0.25, 0.3) is 5.97 Å². The van der Waals surface area contributed by atoms with Crippen molar-refractivity contribution in [3.05, 3.63) is 18.0 Å². The first-order valence-corrected chi connectivity index (χ1v) is 5.66. The van der Waals surface area contributed by atoms with Crippen LogP contribution in [0.4, 0.5) is 0 Å². The molecule has 2 N–H and O–H groups in total. The number of hydrogen-bond acceptors (Lipinski definition) is 5. The van der Waals surface area contributed by atoms with Gasteiger partial charge in [0.1, 0.15) is 0 Å². The summed E-state index contributed by atoms with van der Waals surface area (Å²) in [6, 6.07) is 0.387. The lowest BCUT2D eigenvalue weighted by Gasteiger charge is -2.27. The maximum absolute atomic E-state index is 11.3. The molecule has 0 amide bonds. The minimum absolute atomic E-state index is 0.300. The first-order chi connectivity index (χ1) is 8.54. The first kappa shape index (κ1) is 14.2. The van der Waals surface area contributed by atoms with Crippen molar-refractivity contribution in [2.24, 2.45) is 0 Å². The highest BCUT2D eigenvalue weighted by molar-refractivity contribution is 5.88. The fraction of sp³-hybridized carbons (Fsp3) is 0.545.